The molecule has 16 heavy (non-hydrogen) atoms. The number of hydrogen-bond acceptors (Lipinski definition) is 3. The summed E-state index contributed by atoms with van der Waals surface area (Å²) >= 11 is 0. The number of allylic oxidation sites excluding steroid dienone is 1. The largest absolute Gasteiger partial charge is 0.272 e. The van der Waals surface area contributed by atoms with Crippen molar-refractivity contribution >= 4 is 17.8 Å². The molecule has 2 aliphatic heterocycles. The van der Waals surface area contributed by atoms with Gasteiger partial charge in [0.1, 0.15) is 6.67 Å². The van der Waals surface area contributed by atoms with E-state index in [9.17, 15) is 4.79 Å². The Morgan fingerprint density at radius 2 is 2.12 bits per heavy atom. The van der Waals surface area contributed by atoms with Gasteiger partial charge in [-0.1, -0.05) is 18.2 Å². The number of fused-ring (bicyclic) bond motifs is 1. The van der Waals surface area contributed by atoms with Crippen LogP contribution in [-0.4, -0.2) is 23.8 Å². The molecule has 1 aromatic carbocycles. The lowest BCUT2D eigenvalue weighted by Gasteiger charge is -2.30. The van der Waals surface area contributed by atoms with Gasteiger partial charge in [0.05, 0.1) is 12.1 Å². The van der Waals surface area contributed by atoms with Crippen molar-refractivity contribution in [1.29, 1.82) is 0 Å². The molecule has 0 aromatic heterocycles. The van der Waals surface area contributed by atoms with E-state index < -0.39 is 0 Å². The summed E-state index contributed by atoms with van der Waals surface area (Å²) in [6, 6.07) is 7.86. The highest BCUT2D eigenvalue weighted by Gasteiger charge is 2.30. The molecule has 0 bridgehead atoms. The zero-order chi connectivity index (χ0) is 11.0. The highest BCUT2D eigenvalue weighted by atomic mass is 16.2. The lowest BCUT2D eigenvalue weighted by molar-refractivity contribution is -0.119. The van der Waals surface area contributed by atoms with Crippen molar-refractivity contribution in [2.75, 3.05) is 11.7 Å². The van der Waals surface area contributed by atoms with E-state index in [0.29, 0.717) is 13.1 Å². The highest BCUT2D eigenvalue weighted by molar-refractivity contribution is 6.00. The summed E-state index contributed by atoms with van der Waals surface area (Å²) in [5.41, 5.74) is 2.05. The first-order valence-electron chi connectivity index (χ1n) is 5.20. The number of hydrazine groups is 1. The van der Waals surface area contributed by atoms with Crippen molar-refractivity contribution in [3.8, 4) is 0 Å². The van der Waals surface area contributed by atoms with Crippen LogP contribution in [0.1, 0.15) is 5.56 Å². The van der Waals surface area contributed by atoms with Gasteiger partial charge in [0, 0.05) is 12.4 Å². The summed E-state index contributed by atoms with van der Waals surface area (Å²) in [6.07, 6.45) is 5.91. The zero-order valence-electron chi connectivity index (χ0n) is 8.71. The predicted molar refractivity (Wildman–Crippen MR) is 62.0 cm³/mol. The fourth-order valence-electron chi connectivity index (χ4n) is 2.03. The Labute approximate surface area is 93.5 Å². The molecule has 2 heterocycles. The number of anilines is 1. The molecule has 3 rings (SSSR count). The summed E-state index contributed by atoms with van der Waals surface area (Å²) < 4.78 is 0. The van der Waals surface area contributed by atoms with E-state index in [0.717, 1.165) is 11.3 Å². The van der Waals surface area contributed by atoms with Gasteiger partial charge < -0.3 is 0 Å². The van der Waals surface area contributed by atoms with Gasteiger partial charge in [-0.3, -0.25) is 14.8 Å². The van der Waals surface area contributed by atoms with Gasteiger partial charge in [-0.2, -0.15) is 0 Å². The van der Waals surface area contributed by atoms with Gasteiger partial charge in [0.15, 0.2) is 0 Å². The first kappa shape index (κ1) is 9.15. The van der Waals surface area contributed by atoms with Crippen molar-refractivity contribution in [3.63, 3.8) is 0 Å². The van der Waals surface area contributed by atoms with Crippen LogP contribution in [-0.2, 0) is 11.2 Å². The van der Waals surface area contributed by atoms with Crippen LogP contribution in [0, 0.1) is 0 Å². The Morgan fingerprint density at radius 3 is 2.94 bits per heavy atom. The Hall–Kier alpha value is -2.10. The number of carbonyl (C=O) groups is 1. The molecule has 4 heteroatoms. The molecule has 1 aromatic rings. The minimum absolute atomic E-state index is 0.1000. The Bertz CT molecular complexity index is 493. The average molecular weight is 213 g/mol. The van der Waals surface area contributed by atoms with E-state index in [2.05, 4.69) is 4.99 Å². The maximum absolute atomic E-state index is 11.9. The molecule has 80 valence electrons. The third-order valence-corrected chi connectivity index (χ3v) is 2.73. The van der Waals surface area contributed by atoms with Gasteiger partial charge >= 0.3 is 0 Å². The fraction of sp³-hybridized carbons (Fsp3) is 0.167. The lowest BCUT2D eigenvalue weighted by atomic mass is 10.2. The van der Waals surface area contributed by atoms with Crippen LogP contribution in [0.2, 0.25) is 0 Å². The summed E-state index contributed by atoms with van der Waals surface area (Å²) in [4.78, 5) is 16.1. The molecule has 0 aliphatic carbocycles. The fourth-order valence-corrected chi connectivity index (χ4v) is 2.03. The summed E-state index contributed by atoms with van der Waals surface area (Å²) in [5, 5.41) is 3.52. The van der Waals surface area contributed by atoms with Crippen LogP contribution in [0.25, 0.3) is 0 Å². The molecule has 1 amide bonds. The van der Waals surface area contributed by atoms with Gasteiger partial charge in [-0.05, 0) is 17.7 Å². The summed E-state index contributed by atoms with van der Waals surface area (Å²) in [6.45, 7) is 0.497. The van der Waals surface area contributed by atoms with Crippen LogP contribution >= 0.6 is 0 Å². The van der Waals surface area contributed by atoms with Gasteiger partial charge in [-0.25, -0.2) is 5.01 Å². The Morgan fingerprint density at radius 1 is 1.25 bits per heavy atom. The minimum Gasteiger partial charge on any atom is -0.272 e. The molecule has 0 N–H and O–H groups in total. The summed E-state index contributed by atoms with van der Waals surface area (Å²) in [7, 11) is 0. The van der Waals surface area contributed by atoms with E-state index >= 15 is 0 Å². The van der Waals surface area contributed by atoms with E-state index in [1.807, 2.05) is 41.6 Å². The van der Waals surface area contributed by atoms with Crippen molar-refractivity contribution in [2.24, 2.45) is 4.99 Å². The van der Waals surface area contributed by atoms with Gasteiger partial charge in [0.25, 0.3) is 0 Å². The van der Waals surface area contributed by atoms with E-state index in [-0.39, 0.29) is 5.91 Å². The molecular formula is C12H11N3O. The first-order chi connectivity index (χ1) is 7.86. The number of hydrogen-bond donors (Lipinski definition) is 0. The number of para-hydroxylation sites is 1. The number of carbonyl (C=O) groups excluding carboxylic acids is 1. The molecule has 0 fully saturated rings. The number of benzene rings is 1. The zero-order valence-corrected chi connectivity index (χ0v) is 8.71. The molecule has 0 unspecified atom stereocenters. The molecular weight excluding hydrogens is 202 g/mol. The SMILES string of the molecule is O=C1Cc2ccccc2N1N1C=CC=NC1. The van der Waals surface area contributed by atoms with E-state index in [1.54, 1.807) is 11.2 Å². The molecule has 0 spiro atoms. The molecule has 2 aliphatic rings. The van der Waals surface area contributed by atoms with Crippen LogP contribution in [0.15, 0.2) is 41.5 Å². The van der Waals surface area contributed by atoms with Gasteiger partial charge in [0.2, 0.25) is 5.91 Å². The number of nitrogens with zero attached hydrogens (tertiary/aromatic N) is 3. The Balaban J connectivity index is 1.99. The average Bonchev–Trinajstić information content (AvgIpc) is 2.66. The topological polar surface area (TPSA) is 35.9 Å². The van der Waals surface area contributed by atoms with E-state index in [4.69, 9.17) is 0 Å². The summed E-state index contributed by atoms with van der Waals surface area (Å²) in [5.74, 6) is 0.1000. The third-order valence-electron chi connectivity index (χ3n) is 2.73. The van der Waals surface area contributed by atoms with Crippen molar-refractivity contribution in [3.05, 3.63) is 42.1 Å². The van der Waals surface area contributed by atoms with Crippen molar-refractivity contribution < 1.29 is 4.79 Å². The second-order valence-electron chi connectivity index (χ2n) is 3.77. The third kappa shape index (κ3) is 1.31. The minimum atomic E-state index is 0.1000. The predicted octanol–water partition coefficient (Wildman–Crippen LogP) is 1.35. The molecule has 0 saturated carbocycles. The van der Waals surface area contributed by atoms with Crippen LogP contribution in [0.4, 0.5) is 5.69 Å². The maximum atomic E-state index is 11.9. The van der Waals surface area contributed by atoms with Gasteiger partial charge in [-0.15, -0.1) is 0 Å². The molecule has 4 nitrogen and oxygen atoms in total. The van der Waals surface area contributed by atoms with E-state index in [1.165, 1.54) is 0 Å². The van der Waals surface area contributed by atoms with Crippen LogP contribution in [0.3, 0.4) is 0 Å². The quantitative estimate of drug-likeness (QED) is 0.706. The number of aliphatic imine (C=N–C) groups is 1. The Kier molecular flexibility index (Phi) is 1.99. The smallest absolute Gasteiger partial charge is 0.250 e. The maximum Gasteiger partial charge on any atom is 0.250 e. The highest BCUT2D eigenvalue weighted by Crippen LogP contribution is 2.30. The second kappa shape index (κ2) is 3.48. The molecule has 0 radical (unpaired) electrons. The van der Waals surface area contributed by atoms with Crippen molar-refractivity contribution in [1.82, 2.24) is 5.01 Å². The van der Waals surface area contributed by atoms with Crippen LogP contribution in [0.5, 0.6) is 0 Å². The normalized spacial score (nSPS) is 18.1. The van der Waals surface area contributed by atoms with Crippen LogP contribution < -0.4 is 5.01 Å². The standard InChI is InChI=1S/C12H11N3O/c16-12-8-10-4-1-2-5-11(10)15(12)14-7-3-6-13-9-14/h1-7H,8-9H2. The number of rotatable bonds is 1. The first-order valence-corrected chi connectivity index (χ1v) is 5.20. The second-order valence-corrected chi connectivity index (χ2v) is 3.77. The van der Waals surface area contributed by atoms with Crippen molar-refractivity contribution in [2.45, 2.75) is 6.42 Å². The monoisotopic (exact) mass is 213 g/mol. The molecule has 0 saturated heterocycles. The number of amides is 1. The molecule has 0 atom stereocenters. The lowest BCUT2D eigenvalue weighted by Crippen LogP contribution is -2.42.